The molecule has 5 nitrogen and oxygen atoms in total. The first-order valence-electron chi connectivity index (χ1n) is 5.38. The van der Waals surface area contributed by atoms with Crippen molar-refractivity contribution in [1.82, 2.24) is 14.8 Å². The molecule has 6 heteroatoms. The molecule has 0 bridgehead atoms. The fourth-order valence-electron chi connectivity index (χ4n) is 1.49. The van der Waals surface area contributed by atoms with Crippen LogP contribution in [-0.2, 0) is 10.2 Å². The van der Waals surface area contributed by atoms with Crippen LogP contribution in [0.3, 0.4) is 0 Å². The Morgan fingerprint density at radius 2 is 2.07 bits per heavy atom. The van der Waals surface area contributed by atoms with Gasteiger partial charge in [0.05, 0.1) is 0 Å². The summed E-state index contributed by atoms with van der Waals surface area (Å²) in [6.07, 6.45) is 0. The Bertz CT molecular complexity index is 290. The van der Waals surface area contributed by atoms with Crippen molar-refractivity contribution in [2.24, 2.45) is 11.8 Å². The van der Waals surface area contributed by atoms with Gasteiger partial charge in [0.25, 0.3) is 10.2 Å². The van der Waals surface area contributed by atoms with Crippen LogP contribution >= 0.6 is 0 Å². The first kappa shape index (κ1) is 12.9. The summed E-state index contributed by atoms with van der Waals surface area (Å²) in [7, 11) is -3.33. The van der Waals surface area contributed by atoms with E-state index >= 15 is 0 Å². The summed E-state index contributed by atoms with van der Waals surface area (Å²) in [5.74, 6) is 0.668. The normalized spacial score (nSPS) is 27.5. The zero-order valence-electron chi connectivity index (χ0n) is 9.58. The van der Waals surface area contributed by atoms with Gasteiger partial charge in [0.1, 0.15) is 0 Å². The van der Waals surface area contributed by atoms with E-state index in [9.17, 15) is 8.42 Å². The van der Waals surface area contributed by atoms with Gasteiger partial charge in [-0.25, -0.2) is 4.72 Å². The van der Waals surface area contributed by atoms with E-state index in [1.54, 1.807) is 0 Å². The van der Waals surface area contributed by atoms with Crippen molar-refractivity contribution in [2.75, 3.05) is 19.6 Å². The molecule has 1 aliphatic heterocycles. The van der Waals surface area contributed by atoms with E-state index in [2.05, 4.69) is 14.8 Å². The van der Waals surface area contributed by atoms with Crippen LogP contribution in [0.4, 0.5) is 0 Å². The molecule has 0 amide bonds. The van der Waals surface area contributed by atoms with Crippen LogP contribution in [0.1, 0.15) is 20.8 Å². The third-order valence-electron chi connectivity index (χ3n) is 2.51. The van der Waals surface area contributed by atoms with Gasteiger partial charge in [-0.15, -0.1) is 0 Å². The largest absolute Gasteiger partial charge is 0.315 e. The van der Waals surface area contributed by atoms with Crippen molar-refractivity contribution in [3.05, 3.63) is 0 Å². The van der Waals surface area contributed by atoms with Crippen LogP contribution in [0, 0.1) is 11.8 Å². The predicted molar refractivity (Wildman–Crippen MR) is 60.7 cm³/mol. The highest BCUT2D eigenvalue weighted by atomic mass is 32.2. The fraction of sp³-hybridized carbons (Fsp3) is 1.00. The van der Waals surface area contributed by atoms with Crippen LogP contribution in [0.5, 0.6) is 0 Å². The Hall–Kier alpha value is -0.170. The molecule has 0 saturated carbocycles. The molecule has 0 aliphatic carbocycles. The zero-order valence-corrected chi connectivity index (χ0v) is 10.4. The highest BCUT2D eigenvalue weighted by Crippen LogP contribution is 2.07. The molecule has 3 N–H and O–H groups in total. The molecule has 0 aromatic rings. The van der Waals surface area contributed by atoms with E-state index < -0.39 is 10.2 Å². The van der Waals surface area contributed by atoms with Gasteiger partial charge in [-0.2, -0.15) is 13.1 Å². The number of nitrogens with one attached hydrogen (secondary N) is 3. The van der Waals surface area contributed by atoms with Crippen LogP contribution < -0.4 is 14.8 Å². The first-order chi connectivity index (χ1) is 6.91. The summed E-state index contributed by atoms with van der Waals surface area (Å²) in [6, 6.07) is 0.00895. The predicted octanol–water partition coefficient (Wildman–Crippen LogP) is -0.326. The molecule has 1 saturated heterocycles. The molecule has 1 fully saturated rings. The molecule has 1 aliphatic rings. The van der Waals surface area contributed by atoms with Crippen molar-refractivity contribution in [1.29, 1.82) is 0 Å². The molecule has 0 radical (unpaired) electrons. The van der Waals surface area contributed by atoms with Crippen molar-refractivity contribution in [3.8, 4) is 0 Å². The SMILES string of the molecule is CC(C)CNS(=O)(=O)NC1CNCC1C. The second kappa shape index (κ2) is 5.25. The van der Waals surface area contributed by atoms with Crippen LogP contribution in [0.2, 0.25) is 0 Å². The quantitative estimate of drug-likeness (QED) is 0.611. The smallest absolute Gasteiger partial charge is 0.277 e. The van der Waals surface area contributed by atoms with Crippen LogP contribution in [-0.4, -0.2) is 34.1 Å². The average molecular weight is 235 g/mol. The Labute approximate surface area is 92.2 Å². The lowest BCUT2D eigenvalue weighted by atomic mass is 10.1. The molecule has 15 heavy (non-hydrogen) atoms. The van der Waals surface area contributed by atoms with Gasteiger partial charge in [-0.3, -0.25) is 0 Å². The molecular weight excluding hydrogens is 214 g/mol. The minimum Gasteiger partial charge on any atom is -0.315 e. The summed E-state index contributed by atoms with van der Waals surface area (Å²) in [5.41, 5.74) is 0. The molecule has 2 atom stereocenters. The minimum absolute atomic E-state index is 0.00895. The Balaban J connectivity index is 2.41. The van der Waals surface area contributed by atoms with E-state index in [0.717, 1.165) is 6.54 Å². The standard InChI is InChI=1S/C9H21N3O2S/c1-7(2)4-11-15(13,14)12-9-6-10-5-8(9)3/h7-12H,4-6H2,1-3H3. The van der Waals surface area contributed by atoms with Gasteiger partial charge in [0.2, 0.25) is 0 Å². The molecule has 90 valence electrons. The van der Waals surface area contributed by atoms with Crippen molar-refractivity contribution < 1.29 is 8.42 Å². The van der Waals surface area contributed by atoms with E-state index in [-0.39, 0.29) is 6.04 Å². The second-order valence-corrected chi connectivity index (χ2v) is 6.14. The molecular formula is C9H21N3O2S. The monoisotopic (exact) mass is 235 g/mol. The lowest BCUT2D eigenvalue weighted by molar-refractivity contribution is 0.490. The van der Waals surface area contributed by atoms with Crippen molar-refractivity contribution >= 4 is 10.2 Å². The highest BCUT2D eigenvalue weighted by Gasteiger charge is 2.26. The van der Waals surface area contributed by atoms with E-state index in [4.69, 9.17) is 0 Å². The van der Waals surface area contributed by atoms with Crippen molar-refractivity contribution in [3.63, 3.8) is 0 Å². The zero-order chi connectivity index (χ0) is 11.5. The van der Waals surface area contributed by atoms with E-state index in [1.165, 1.54) is 0 Å². The molecule has 0 aromatic carbocycles. The number of hydrogen-bond acceptors (Lipinski definition) is 3. The van der Waals surface area contributed by atoms with Crippen LogP contribution in [0.25, 0.3) is 0 Å². The topological polar surface area (TPSA) is 70.2 Å². The third-order valence-corrected chi connectivity index (χ3v) is 3.67. The van der Waals surface area contributed by atoms with Gasteiger partial charge in [0, 0.05) is 19.1 Å². The summed E-state index contributed by atoms with van der Waals surface area (Å²) in [5, 5.41) is 3.15. The summed E-state index contributed by atoms with van der Waals surface area (Å²) >= 11 is 0. The summed E-state index contributed by atoms with van der Waals surface area (Å²) in [4.78, 5) is 0. The summed E-state index contributed by atoms with van der Waals surface area (Å²) < 4.78 is 28.4. The maximum atomic E-state index is 11.6. The lowest BCUT2D eigenvalue weighted by Crippen LogP contribution is -2.46. The Morgan fingerprint density at radius 1 is 1.40 bits per heavy atom. The molecule has 0 aromatic heterocycles. The van der Waals surface area contributed by atoms with Gasteiger partial charge in [-0.1, -0.05) is 20.8 Å². The molecule has 1 heterocycles. The average Bonchev–Trinajstić information content (AvgIpc) is 2.48. The van der Waals surface area contributed by atoms with E-state index in [1.807, 2.05) is 20.8 Å². The van der Waals surface area contributed by atoms with Gasteiger partial charge >= 0.3 is 0 Å². The van der Waals surface area contributed by atoms with Gasteiger partial charge < -0.3 is 5.32 Å². The Morgan fingerprint density at radius 3 is 2.53 bits per heavy atom. The highest BCUT2D eigenvalue weighted by molar-refractivity contribution is 7.87. The molecule has 0 spiro atoms. The van der Waals surface area contributed by atoms with Crippen molar-refractivity contribution in [2.45, 2.75) is 26.8 Å². The lowest BCUT2D eigenvalue weighted by Gasteiger charge is -2.17. The summed E-state index contributed by atoms with van der Waals surface area (Å²) in [6.45, 7) is 8.05. The first-order valence-corrected chi connectivity index (χ1v) is 6.86. The van der Waals surface area contributed by atoms with Gasteiger partial charge in [0.15, 0.2) is 0 Å². The number of hydrogen-bond donors (Lipinski definition) is 3. The second-order valence-electron chi connectivity index (χ2n) is 4.61. The molecule has 1 rings (SSSR count). The number of rotatable bonds is 5. The molecule has 2 unspecified atom stereocenters. The third kappa shape index (κ3) is 4.46. The maximum Gasteiger partial charge on any atom is 0.277 e. The van der Waals surface area contributed by atoms with E-state index in [0.29, 0.717) is 24.9 Å². The minimum atomic E-state index is -3.33. The Kier molecular flexibility index (Phi) is 4.51. The van der Waals surface area contributed by atoms with Crippen LogP contribution in [0.15, 0.2) is 0 Å². The fourth-order valence-corrected chi connectivity index (χ4v) is 2.84. The maximum absolute atomic E-state index is 11.6. The van der Waals surface area contributed by atoms with Gasteiger partial charge in [-0.05, 0) is 18.4 Å².